The minimum Gasteiger partial charge on any atom is -0.447 e. The van der Waals surface area contributed by atoms with Crippen LogP contribution in [0.5, 0.6) is 0 Å². The second kappa shape index (κ2) is 11.0. The molecule has 1 amide bonds. The van der Waals surface area contributed by atoms with E-state index in [1.165, 1.54) is 28.3 Å². The molecule has 2 aromatic carbocycles. The average Bonchev–Trinajstić information content (AvgIpc) is 3.55. The number of pyridine rings is 1. The molecular weight excluding hydrogens is 450 g/mol. The number of nitrogens with zero attached hydrogens (tertiary/aromatic N) is 3. The molecule has 0 saturated heterocycles. The molecule has 0 atom stereocenters. The molecular formula is C29H29N5O2. The van der Waals surface area contributed by atoms with Gasteiger partial charge >= 0.3 is 0 Å². The van der Waals surface area contributed by atoms with Crippen molar-refractivity contribution >= 4 is 16.8 Å². The van der Waals surface area contributed by atoms with E-state index in [1.54, 1.807) is 12.4 Å². The van der Waals surface area contributed by atoms with Crippen molar-refractivity contribution in [2.24, 2.45) is 0 Å². The summed E-state index contributed by atoms with van der Waals surface area (Å²) in [6.45, 7) is 4.59. The number of amides is 1. The molecule has 7 heteroatoms. The van der Waals surface area contributed by atoms with E-state index in [0.717, 1.165) is 30.6 Å². The summed E-state index contributed by atoms with van der Waals surface area (Å²) < 4.78 is 5.70. The first-order chi connectivity index (χ1) is 17.6. The third-order valence-corrected chi connectivity index (χ3v) is 6.24. The quantitative estimate of drug-likeness (QED) is 0.293. The Morgan fingerprint density at radius 3 is 2.64 bits per heavy atom. The van der Waals surface area contributed by atoms with Gasteiger partial charge in [0.2, 0.25) is 5.89 Å². The third kappa shape index (κ3) is 5.87. The van der Waals surface area contributed by atoms with Crippen LogP contribution in [0.15, 0.2) is 89.9 Å². The van der Waals surface area contributed by atoms with Crippen LogP contribution >= 0.6 is 0 Å². The second-order valence-corrected chi connectivity index (χ2v) is 8.97. The fourth-order valence-corrected chi connectivity index (χ4v) is 4.24. The molecule has 3 heterocycles. The van der Waals surface area contributed by atoms with Gasteiger partial charge in [-0.05, 0) is 48.2 Å². The Morgan fingerprint density at radius 2 is 1.81 bits per heavy atom. The van der Waals surface area contributed by atoms with Gasteiger partial charge in [0, 0.05) is 49.1 Å². The highest BCUT2D eigenvalue weighted by Gasteiger charge is 2.16. The van der Waals surface area contributed by atoms with Crippen molar-refractivity contribution in [3.05, 3.63) is 119 Å². The van der Waals surface area contributed by atoms with Crippen molar-refractivity contribution in [2.45, 2.75) is 33.0 Å². The molecule has 182 valence electrons. The molecule has 7 nitrogen and oxygen atoms in total. The average molecular weight is 480 g/mol. The smallest absolute Gasteiger partial charge is 0.273 e. The number of carbonyl (C=O) groups excluding carboxylic acids is 1. The molecule has 0 unspecified atom stereocenters. The van der Waals surface area contributed by atoms with Crippen molar-refractivity contribution < 1.29 is 9.21 Å². The molecule has 0 aliphatic rings. The number of oxazole rings is 1. The number of rotatable bonds is 10. The van der Waals surface area contributed by atoms with Gasteiger partial charge in [-0.2, -0.15) is 0 Å². The SMILES string of the molecule is Cc1ccc(CN(CCc2c[nH]c3ccccc23)Cc2nc(C(=O)NCc3ccncc3)co2)cc1. The van der Waals surface area contributed by atoms with Gasteiger partial charge in [-0.3, -0.25) is 14.7 Å². The zero-order valence-electron chi connectivity index (χ0n) is 20.3. The lowest BCUT2D eigenvalue weighted by molar-refractivity contribution is 0.0945. The summed E-state index contributed by atoms with van der Waals surface area (Å²) >= 11 is 0. The van der Waals surface area contributed by atoms with Crippen molar-refractivity contribution in [1.82, 2.24) is 25.2 Å². The molecule has 0 fully saturated rings. The summed E-state index contributed by atoms with van der Waals surface area (Å²) in [6, 6.07) is 20.7. The number of para-hydroxylation sites is 1. The number of hydrogen-bond donors (Lipinski definition) is 2. The highest BCUT2D eigenvalue weighted by molar-refractivity contribution is 5.91. The largest absolute Gasteiger partial charge is 0.447 e. The van der Waals surface area contributed by atoms with Crippen LogP contribution in [0.25, 0.3) is 10.9 Å². The molecule has 0 saturated carbocycles. The van der Waals surface area contributed by atoms with E-state index >= 15 is 0 Å². The number of aromatic nitrogens is 3. The molecule has 3 aromatic heterocycles. The van der Waals surface area contributed by atoms with E-state index in [4.69, 9.17) is 4.42 Å². The first-order valence-corrected chi connectivity index (χ1v) is 12.1. The predicted octanol–water partition coefficient (Wildman–Crippen LogP) is 5.03. The number of carbonyl (C=O) groups is 1. The lowest BCUT2D eigenvalue weighted by Gasteiger charge is -2.21. The normalized spacial score (nSPS) is 11.3. The molecule has 2 N–H and O–H groups in total. The number of aromatic amines is 1. The van der Waals surface area contributed by atoms with E-state index in [1.807, 2.05) is 18.2 Å². The lowest BCUT2D eigenvalue weighted by atomic mass is 10.1. The van der Waals surface area contributed by atoms with E-state index in [-0.39, 0.29) is 11.6 Å². The number of benzene rings is 2. The monoisotopic (exact) mass is 479 g/mol. The minimum absolute atomic E-state index is 0.259. The summed E-state index contributed by atoms with van der Waals surface area (Å²) in [7, 11) is 0. The molecule has 36 heavy (non-hydrogen) atoms. The Hall–Kier alpha value is -4.23. The fourth-order valence-electron chi connectivity index (χ4n) is 4.24. The summed E-state index contributed by atoms with van der Waals surface area (Å²) in [6.07, 6.45) is 7.81. The summed E-state index contributed by atoms with van der Waals surface area (Å²) in [5.41, 5.74) is 6.14. The molecule has 5 rings (SSSR count). The van der Waals surface area contributed by atoms with Gasteiger partial charge in [0.15, 0.2) is 5.69 Å². The van der Waals surface area contributed by atoms with Gasteiger partial charge in [-0.1, -0.05) is 48.0 Å². The Labute approximate surface area is 210 Å². The van der Waals surface area contributed by atoms with Crippen LogP contribution < -0.4 is 5.32 Å². The number of fused-ring (bicyclic) bond motifs is 1. The third-order valence-electron chi connectivity index (χ3n) is 6.24. The lowest BCUT2D eigenvalue weighted by Crippen LogP contribution is -2.26. The first kappa shape index (κ1) is 23.5. The summed E-state index contributed by atoms with van der Waals surface area (Å²) in [4.78, 5) is 26.7. The van der Waals surface area contributed by atoms with Crippen LogP contribution in [0.2, 0.25) is 0 Å². The molecule has 0 spiro atoms. The zero-order valence-corrected chi connectivity index (χ0v) is 20.3. The van der Waals surface area contributed by atoms with E-state index in [0.29, 0.717) is 19.0 Å². The van der Waals surface area contributed by atoms with Crippen LogP contribution in [0, 0.1) is 6.92 Å². The highest BCUT2D eigenvalue weighted by atomic mass is 16.3. The maximum absolute atomic E-state index is 12.6. The van der Waals surface area contributed by atoms with Gasteiger partial charge in [-0.25, -0.2) is 4.98 Å². The van der Waals surface area contributed by atoms with Crippen LogP contribution in [0.4, 0.5) is 0 Å². The summed E-state index contributed by atoms with van der Waals surface area (Å²) in [5.74, 6) is 0.265. The molecule has 0 bridgehead atoms. The van der Waals surface area contributed by atoms with Crippen LogP contribution in [-0.4, -0.2) is 32.3 Å². The maximum atomic E-state index is 12.6. The van der Waals surface area contributed by atoms with Crippen LogP contribution in [-0.2, 0) is 26.1 Å². The minimum atomic E-state index is -0.259. The molecule has 0 aliphatic heterocycles. The Morgan fingerprint density at radius 1 is 1.00 bits per heavy atom. The van der Waals surface area contributed by atoms with Gasteiger partial charge in [0.25, 0.3) is 5.91 Å². The maximum Gasteiger partial charge on any atom is 0.273 e. The number of aryl methyl sites for hydroxylation is 1. The highest BCUT2D eigenvalue weighted by Crippen LogP contribution is 2.19. The summed E-state index contributed by atoms with van der Waals surface area (Å²) in [5, 5.41) is 4.13. The Bertz CT molecular complexity index is 1420. The molecule has 0 aliphatic carbocycles. The van der Waals surface area contributed by atoms with E-state index in [9.17, 15) is 4.79 Å². The van der Waals surface area contributed by atoms with Crippen molar-refractivity contribution in [2.75, 3.05) is 6.54 Å². The van der Waals surface area contributed by atoms with Gasteiger partial charge in [0.1, 0.15) is 6.26 Å². The van der Waals surface area contributed by atoms with E-state index in [2.05, 4.69) is 80.8 Å². The Kier molecular flexibility index (Phi) is 7.19. The van der Waals surface area contributed by atoms with Crippen molar-refractivity contribution in [3.8, 4) is 0 Å². The second-order valence-electron chi connectivity index (χ2n) is 8.97. The Balaban J connectivity index is 1.26. The number of hydrogen-bond acceptors (Lipinski definition) is 5. The van der Waals surface area contributed by atoms with Gasteiger partial charge in [0.05, 0.1) is 6.54 Å². The van der Waals surface area contributed by atoms with Crippen molar-refractivity contribution in [1.29, 1.82) is 0 Å². The van der Waals surface area contributed by atoms with Gasteiger partial charge in [-0.15, -0.1) is 0 Å². The number of H-pyrrole nitrogens is 1. The first-order valence-electron chi connectivity index (χ1n) is 12.1. The van der Waals surface area contributed by atoms with Crippen LogP contribution in [0.3, 0.4) is 0 Å². The van der Waals surface area contributed by atoms with E-state index < -0.39 is 0 Å². The standard InChI is InChI=1S/C29H29N5O2/c1-21-6-8-23(9-7-21)18-34(15-12-24-17-31-26-5-3-2-4-25(24)26)19-28-33-27(20-36-28)29(35)32-16-22-10-13-30-14-11-22/h2-11,13-14,17,20,31H,12,15-16,18-19H2,1H3,(H,32,35). The topological polar surface area (TPSA) is 87.0 Å². The zero-order chi connectivity index (χ0) is 24.7. The molecule has 0 radical (unpaired) electrons. The predicted molar refractivity (Wildman–Crippen MR) is 139 cm³/mol. The van der Waals surface area contributed by atoms with Gasteiger partial charge < -0.3 is 14.7 Å². The van der Waals surface area contributed by atoms with Crippen molar-refractivity contribution in [3.63, 3.8) is 0 Å². The molecule has 5 aromatic rings. The van der Waals surface area contributed by atoms with Crippen LogP contribution in [0.1, 0.15) is 38.6 Å². The number of nitrogens with one attached hydrogen (secondary N) is 2. The fraction of sp³-hybridized carbons (Fsp3) is 0.207.